The second kappa shape index (κ2) is 5.64. The van der Waals surface area contributed by atoms with Gasteiger partial charge in [-0.25, -0.2) is 0 Å². The van der Waals surface area contributed by atoms with Crippen molar-refractivity contribution in [3.8, 4) is 0 Å². The molecule has 2 rings (SSSR count). The van der Waals surface area contributed by atoms with Crippen molar-refractivity contribution in [3.63, 3.8) is 0 Å². The van der Waals surface area contributed by atoms with Gasteiger partial charge in [-0.05, 0) is 12.1 Å². The Bertz CT molecular complexity index is 681. The van der Waals surface area contributed by atoms with Crippen LogP contribution in [0.1, 0.15) is 16.1 Å². The fraction of sp³-hybridized carbons (Fsp3) is 0.0909. The molecule has 0 unspecified atom stereocenters. The van der Waals surface area contributed by atoms with E-state index in [9.17, 15) is 9.59 Å². The normalized spacial score (nSPS) is 10.4. The number of carbonyl (C=O) groups excluding carboxylic acids is 1. The zero-order valence-electron chi connectivity index (χ0n) is 9.50. The third-order valence-electron chi connectivity index (χ3n) is 2.31. The van der Waals surface area contributed by atoms with Crippen LogP contribution in [0.15, 0.2) is 22.3 Å². The minimum absolute atomic E-state index is 0.146. The molecule has 19 heavy (non-hydrogen) atoms. The van der Waals surface area contributed by atoms with E-state index in [2.05, 4.69) is 10.3 Å². The summed E-state index contributed by atoms with van der Waals surface area (Å²) in [7, 11) is 0. The molecule has 1 aromatic heterocycles. The van der Waals surface area contributed by atoms with Gasteiger partial charge in [0, 0.05) is 16.8 Å². The molecule has 4 N–H and O–H groups in total. The number of nitrogens with one attached hydrogen (secondary N) is 2. The van der Waals surface area contributed by atoms with Gasteiger partial charge in [-0.2, -0.15) is 0 Å². The molecule has 0 aliphatic carbocycles. The predicted octanol–water partition coefficient (Wildman–Crippen LogP) is 2.26. The van der Waals surface area contributed by atoms with E-state index >= 15 is 0 Å². The van der Waals surface area contributed by atoms with Crippen LogP contribution in [-0.2, 0) is 6.54 Å². The number of aromatic nitrogens is 1. The first-order valence-corrected chi connectivity index (χ1v) is 6.80. The summed E-state index contributed by atoms with van der Waals surface area (Å²) in [6.45, 7) is 0.195. The van der Waals surface area contributed by atoms with Crippen molar-refractivity contribution in [2.75, 3.05) is 5.73 Å². The van der Waals surface area contributed by atoms with Crippen LogP contribution in [-0.4, -0.2) is 10.9 Å². The Balaban J connectivity index is 2.14. The van der Waals surface area contributed by atoms with Crippen LogP contribution in [0.25, 0.3) is 0 Å². The van der Waals surface area contributed by atoms with Crippen molar-refractivity contribution < 1.29 is 4.79 Å². The number of thiazole rings is 1. The Kier molecular flexibility index (Phi) is 4.14. The van der Waals surface area contributed by atoms with Gasteiger partial charge in [0.1, 0.15) is 0 Å². The van der Waals surface area contributed by atoms with E-state index in [4.69, 9.17) is 28.9 Å². The van der Waals surface area contributed by atoms with Crippen LogP contribution in [0.4, 0.5) is 5.69 Å². The Morgan fingerprint density at radius 3 is 2.79 bits per heavy atom. The van der Waals surface area contributed by atoms with E-state index in [-0.39, 0.29) is 27.0 Å². The van der Waals surface area contributed by atoms with Crippen LogP contribution in [0.3, 0.4) is 0 Å². The molecule has 0 saturated carbocycles. The van der Waals surface area contributed by atoms with E-state index in [1.807, 2.05) is 0 Å². The highest BCUT2D eigenvalue weighted by Gasteiger charge is 2.14. The zero-order chi connectivity index (χ0) is 14.0. The number of hydrogen-bond donors (Lipinski definition) is 3. The van der Waals surface area contributed by atoms with Crippen LogP contribution >= 0.6 is 34.5 Å². The number of nitrogens with two attached hydrogens (primary N) is 1. The number of halogens is 2. The smallest absolute Gasteiger partial charge is 0.304 e. The molecule has 0 radical (unpaired) electrons. The van der Waals surface area contributed by atoms with Gasteiger partial charge < -0.3 is 16.0 Å². The summed E-state index contributed by atoms with van der Waals surface area (Å²) in [5.41, 5.74) is 6.78. The number of anilines is 1. The summed E-state index contributed by atoms with van der Waals surface area (Å²) >= 11 is 12.8. The summed E-state index contributed by atoms with van der Waals surface area (Å²) in [6.07, 6.45) is 0. The maximum absolute atomic E-state index is 12.0. The number of nitrogen functional groups attached to an aromatic ring is 1. The summed E-state index contributed by atoms with van der Waals surface area (Å²) < 4.78 is 0. The number of H-pyrrole nitrogens is 1. The maximum atomic E-state index is 12.0. The number of rotatable bonds is 3. The molecule has 2 aromatic rings. The second-order valence-corrected chi connectivity index (χ2v) is 5.35. The first-order valence-electron chi connectivity index (χ1n) is 5.17. The summed E-state index contributed by atoms with van der Waals surface area (Å²) in [6, 6.07) is 2.91. The van der Waals surface area contributed by atoms with E-state index in [1.54, 1.807) is 5.38 Å². The molecule has 0 saturated heterocycles. The lowest BCUT2D eigenvalue weighted by Gasteiger charge is -2.08. The molecule has 1 amide bonds. The molecule has 0 atom stereocenters. The predicted molar refractivity (Wildman–Crippen MR) is 77.0 cm³/mol. The van der Waals surface area contributed by atoms with Crippen molar-refractivity contribution in [3.05, 3.63) is 48.5 Å². The van der Waals surface area contributed by atoms with Crippen molar-refractivity contribution in [1.29, 1.82) is 0 Å². The SMILES string of the molecule is Nc1cc(Cl)c(Cl)c(C(=O)NCc2csc(=O)[nH]2)c1. The average Bonchev–Trinajstić information content (AvgIpc) is 2.76. The molecule has 0 aliphatic rings. The van der Waals surface area contributed by atoms with Gasteiger partial charge in [0.2, 0.25) is 0 Å². The second-order valence-electron chi connectivity index (χ2n) is 3.72. The first-order chi connectivity index (χ1) is 8.97. The highest BCUT2D eigenvalue weighted by atomic mass is 35.5. The number of aromatic amines is 1. The molecule has 0 spiro atoms. The topological polar surface area (TPSA) is 88.0 Å². The minimum atomic E-state index is -0.411. The molecule has 0 aliphatic heterocycles. The van der Waals surface area contributed by atoms with Gasteiger partial charge in [-0.3, -0.25) is 9.59 Å². The van der Waals surface area contributed by atoms with Crippen molar-refractivity contribution in [2.45, 2.75) is 6.54 Å². The molecule has 0 fully saturated rings. The summed E-state index contributed by atoms with van der Waals surface area (Å²) in [4.78, 5) is 25.3. The van der Waals surface area contributed by atoms with Crippen LogP contribution in [0.2, 0.25) is 10.0 Å². The largest absolute Gasteiger partial charge is 0.399 e. The molecular weight excluding hydrogens is 309 g/mol. The molecule has 100 valence electrons. The molecule has 0 bridgehead atoms. The van der Waals surface area contributed by atoms with Gasteiger partial charge in [0.15, 0.2) is 0 Å². The van der Waals surface area contributed by atoms with E-state index < -0.39 is 5.91 Å². The average molecular weight is 318 g/mol. The van der Waals surface area contributed by atoms with Gasteiger partial charge in [-0.1, -0.05) is 34.5 Å². The molecule has 8 heteroatoms. The minimum Gasteiger partial charge on any atom is -0.399 e. The Morgan fingerprint density at radius 2 is 2.16 bits per heavy atom. The Labute approximate surface area is 122 Å². The highest BCUT2D eigenvalue weighted by molar-refractivity contribution is 7.07. The first kappa shape index (κ1) is 13.9. The van der Waals surface area contributed by atoms with Crippen molar-refractivity contribution in [1.82, 2.24) is 10.3 Å². The van der Waals surface area contributed by atoms with Crippen molar-refractivity contribution in [2.24, 2.45) is 0 Å². The lowest BCUT2D eigenvalue weighted by molar-refractivity contribution is 0.0950. The fourth-order valence-electron chi connectivity index (χ4n) is 1.45. The highest BCUT2D eigenvalue weighted by Crippen LogP contribution is 2.28. The van der Waals surface area contributed by atoms with Crippen molar-refractivity contribution >= 4 is 46.1 Å². The van der Waals surface area contributed by atoms with E-state index in [0.29, 0.717) is 11.4 Å². The quantitative estimate of drug-likeness (QED) is 0.759. The lowest BCUT2D eigenvalue weighted by atomic mass is 10.2. The molecule has 1 aromatic carbocycles. The third kappa shape index (κ3) is 3.28. The monoisotopic (exact) mass is 317 g/mol. The molecular formula is C11H9Cl2N3O2S. The Morgan fingerprint density at radius 1 is 1.42 bits per heavy atom. The number of hydrogen-bond acceptors (Lipinski definition) is 4. The maximum Gasteiger partial charge on any atom is 0.304 e. The Hall–Kier alpha value is -1.50. The van der Waals surface area contributed by atoms with Crippen LogP contribution in [0, 0.1) is 0 Å². The number of benzene rings is 1. The van der Waals surface area contributed by atoms with Gasteiger partial charge in [0.05, 0.1) is 22.2 Å². The number of amides is 1. The van der Waals surface area contributed by atoms with Gasteiger partial charge >= 0.3 is 4.87 Å². The zero-order valence-corrected chi connectivity index (χ0v) is 11.8. The lowest BCUT2D eigenvalue weighted by Crippen LogP contribution is -2.23. The molecule has 5 nitrogen and oxygen atoms in total. The summed E-state index contributed by atoms with van der Waals surface area (Å²) in [5, 5.41) is 4.62. The van der Waals surface area contributed by atoms with Crippen LogP contribution < -0.4 is 15.9 Å². The fourth-order valence-corrected chi connectivity index (χ4v) is 2.45. The van der Waals surface area contributed by atoms with Gasteiger partial charge in [0.25, 0.3) is 5.91 Å². The van der Waals surface area contributed by atoms with Crippen LogP contribution in [0.5, 0.6) is 0 Å². The van der Waals surface area contributed by atoms with E-state index in [1.165, 1.54) is 12.1 Å². The standard InChI is InChI=1S/C11H9Cl2N3O2S/c12-8-2-5(14)1-7(9(8)13)10(17)15-3-6-4-19-11(18)16-6/h1-2,4H,3,14H2,(H,15,17)(H,16,18). The van der Waals surface area contributed by atoms with Gasteiger partial charge in [-0.15, -0.1) is 0 Å². The third-order valence-corrected chi connectivity index (χ3v) is 3.83. The molecule has 1 heterocycles. The summed E-state index contributed by atoms with van der Waals surface area (Å²) in [5.74, 6) is -0.411. The van der Waals surface area contributed by atoms with E-state index in [0.717, 1.165) is 11.3 Å². The number of carbonyl (C=O) groups is 1.